The van der Waals surface area contributed by atoms with Crippen LogP contribution in [-0.4, -0.2) is 49.3 Å². The van der Waals surface area contributed by atoms with Gasteiger partial charge in [0.2, 0.25) is 0 Å². The highest BCUT2D eigenvalue weighted by atomic mass is 19.4. The van der Waals surface area contributed by atoms with Crippen molar-refractivity contribution >= 4 is 11.1 Å². The van der Waals surface area contributed by atoms with Gasteiger partial charge in [-0.2, -0.15) is 0 Å². The van der Waals surface area contributed by atoms with E-state index >= 15 is 0 Å². The number of phenols is 1. The Morgan fingerprint density at radius 1 is 0.974 bits per heavy atom. The number of ether oxygens (including phenoxy) is 3. The predicted molar refractivity (Wildman–Crippen MR) is 135 cm³/mol. The van der Waals surface area contributed by atoms with E-state index < -0.39 is 12.5 Å². The van der Waals surface area contributed by atoms with Crippen LogP contribution < -0.4 is 14.2 Å². The predicted octanol–water partition coefficient (Wildman–Crippen LogP) is 6.64. The van der Waals surface area contributed by atoms with E-state index in [-0.39, 0.29) is 24.1 Å². The number of rotatable bonds is 8. The summed E-state index contributed by atoms with van der Waals surface area (Å²) in [6.45, 7) is 4.35. The molecule has 0 aliphatic carbocycles. The SMILES string of the molecule is CC1=C(c2ccc(OC(F)(F)F)cc2)[C@@H](c2ccc(OCCN3CC(CF)C3)cc2)Oc2ccc(O)cc21. The number of aromatic hydroxyl groups is 1. The molecule has 5 nitrogen and oxygen atoms in total. The number of likely N-dealkylation sites (tertiary alicyclic amines) is 1. The molecular weight excluding hydrogens is 502 g/mol. The van der Waals surface area contributed by atoms with Gasteiger partial charge in [-0.05, 0) is 66.1 Å². The Morgan fingerprint density at radius 3 is 2.32 bits per heavy atom. The van der Waals surface area contributed by atoms with Crippen molar-refractivity contribution in [2.24, 2.45) is 5.92 Å². The lowest BCUT2D eigenvalue weighted by atomic mass is 9.86. The van der Waals surface area contributed by atoms with Crippen LogP contribution in [0.5, 0.6) is 23.0 Å². The minimum atomic E-state index is -4.78. The van der Waals surface area contributed by atoms with Crippen molar-refractivity contribution in [1.82, 2.24) is 4.90 Å². The molecule has 0 radical (unpaired) electrons. The number of fused-ring (bicyclic) bond motifs is 1. The van der Waals surface area contributed by atoms with Crippen molar-refractivity contribution in [3.63, 3.8) is 0 Å². The summed E-state index contributed by atoms with van der Waals surface area (Å²) in [6.07, 6.45) is -5.33. The van der Waals surface area contributed by atoms with Crippen molar-refractivity contribution < 1.29 is 36.9 Å². The third kappa shape index (κ3) is 5.72. The molecule has 0 unspecified atom stereocenters. The first-order chi connectivity index (χ1) is 18.2. The summed E-state index contributed by atoms with van der Waals surface area (Å²) in [5.74, 6) is 1.18. The maximum absolute atomic E-state index is 12.6. The summed E-state index contributed by atoms with van der Waals surface area (Å²) in [5.41, 5.74) is 3.79. The molecule has 2 aliphatic rings. The van der Waals surface area contributed by atoms with Gasteiger partial charge in [-0.15, -0.1) is 13.2 Å². The molecule has 0 aromatic heterocycles. The normalized spacial score (nSPS) is 18.0. The number of phenolic OH excluding ortho intramolecular Hbond substituents is 1. The molecule has 1 N–H and O–H groups in total. The van der Waals surface area contributed by atoms with Gasteiger partial charge in [-0.3, -0.25) is 9.29 Å². The van der Waals surface area contributed by atoms with Gasteiger partial charge in [0.25, 0.3) is 0 Å². The van der Waals surface area contributed by atoms with E-state index in [0.29, 0.717) is 29.2 Å². The number of hydrogen-bond donors (Lipinski definition) is 1. The molecule has 3 aromatic carbocycles. The Balaban J connectivity index is 1.38. The molecule has 2 aliphatic heterocycles. The molecule has 1 fully saturated rings. The molecule has 0 amide bonds. The smallest absolute Gasteiger partial charge is 0.508 e. The summed E-state index contributed by atoms with van der Waals surface area (Å²) in [4.78, 5) is 2.15. The summed E-state index contributed by atoms with van der Waals surface area (Å²) >= 11 is 0. The number of hydrogen-bond acceptors (Lipinski definition) is 5. The third-order valence-electron chi connectivity index (χ3n) is 6.79. The molecular formula is C29H27F4NO4. The molecule has 0 bridgehead atoms. The van der Waals surface area contributed by atoms with E-state index in [4.69, 9.17) is 9.47 Å². The van der Waals surface area contributed by atoms with Crippen LogP contribution in [0.4, 0.5) is 17.6 Å². The first-order valence-corrected chi connectivity index (χ1v) is 12.3. The molecule has 200 valence electrons. The van der Waals surface area contributed by atoms with Crippen molar-refractivity contribution in [3.05, 3.63) is 83.4 Å². The quantitative estimate of drug-likeness (QED) is 0.332. The maximum atomic E-state index is 12.6. The second-order valence-corrected chi connectivity index (χ2v) is 9.49. The number of alkyl halides is 4. The molecule has 1 atom stereocenters. The lowest BCUT2D eigenvalue weighted by molar-refractivity contribution is -0.274. The van der Waals surface area contributed by atoms with Gasteiger partial charge in [0, 0.05) is 36.7 Å². The number of allylic oxidation sites excluding steroid dienone is 1. The van der Waals surface area contributed by atoms with Crippen LogP contribution in [0, 0.1) is 5.92 Å². The first kappa shape index (κ1) is 25.9. The molecule has 38 heavy (non-hydrogen) atoms. The van der Waals surface area contributed by atoms with Crippen LogP contribution in [0.15, 0.2) is 66.7 Å². The number of nitrogens with zero attached hydrogens (tertiary/aromatic N) is 1. The van der Waals surface area contributed by atoms with E-state index in [9.17, 15) is 22.7 Å². The van der Waals surface area contributed by atoms with Crippen LogP contribution in [0.3, 0.4) is 0 Å². The highest BCUT2D eigenvalue weighted by molar-refractivity contribution is 5.95. The average molecular weight is 530 g/mol. The Hall–Kier alpha value is -3.72. The topological polar surface area (TPSA) is 51.2 Å². The van der Waals surface area contributed by atoms with Gasteiger partial charge >= 0.3 is 6.36 Å². The van der Waals surface area contributed by atoms with Crippen LogP contribution in [0.1, 0.15) is 29.7 Å². The summed E-state index contributed by atoms with van der Waals surface area (Å²) in [5, 5.41) is 10.0. The van der Waals surface area contributed by atoms with Gasteiger partial charge in [-0.25, -0.2) is 0 Å². The van der Waals surface area contributed by atoms with E-state index in [1.165, 1.54) is 12.1 Å². The fourth-order valence-electron chi connectivity index (χ4n) is 4.87. The minimum Gasteiger partial charge on any atom is -0.508 e. The van der Waals surface area contributed by atoms with Crippen LogP contribution in [0.2, 0.25) is 0 Å². The Bertz CT molecular complexity index is 1300. The highest BCUT2D eigenvalue weighted by Crippen LogP contribution is 2.47. The highest BCUT2D eigenvalue weighted by Gasteiger charge is 2.32. The molecule has 3 aromatic rings. The standard InChI is InChI=1S/C29H27F4NO4/c1-18-25-14-22(35)6-11-26(25)37-28(27(18)20-2-9-24(10-3-20)38-29(31,32)33)21-4-7-23(8-5-21)36-13-12-34-16-19(15-30)17-34/h2-11,14,19,28,35H,12-13,15-17H2,1H3/t28-/m1/s1. The molecule has 1 saturated heterocycles. The van der Waals surface area contributed by atoms with Gasteiger partial charge in [-0.1, -0.05) is 24.3 Å². The fourth-order valence-corrected chi connectivity index (χ4v) is 4.87. The van der Waals surface area contributed by atoms with Crippen molar-refractivity contribution in [2.75, 3.05) is 32.9 Å². The first-order valence-electron chi connectivity index (χ1n) is 12.3. The van der Waals surface area contributed by atoms with Crippen molar-refractivity contribution in [2.45, 2.75) is 19.4 Å². The van der Waals surface area contributed by atoms with Crippen LogP contribution >= 0.6 is 0 Å². The lowest BCUT2D eigenvalue weighted by Gasteiger charge is -2.37. The van der Waals surface area contributed by atoms with Gasteiger partial charge < -0.3 is 19.3 Å². The fraction of sp³-hybridized carbons (Fsp3) is 0.310. The lowest BCUT2D eigenvalue weighted by Crippen LogP contribution is -2.49. The molecule has 0 saturated carbocycles. The van der Waals surface area contributed by atoms with Crippen molar-refractivity contribution in [3.8, 4) is 23.0 Å². The van der Waals surface area contributed by atoms with Crippen LogP contribution in [-0.2, 0) is 0 Å². The zero-order valence-corrected chi connectivity index (χ0v) is 20.7. The second-order valence-electron chi connectivity index (χ2n) is 9.49. The summed E-state index contributed by atoms with van der Waals surface area (Å²) in [7, 11) is 0. The van der Waals surface area contributed by atoms with E-state index in [1.54, 1.807) is 30.3 Å². The molecule has 5 rings (SSSR count). The van der Waals surface area contributed by atoms with E-state index in [2.05, 4.69) is 9.64 Å². The number of benzene rings is 3. The van der Waals surface area contributed by atoms with Gasteiger partial charge in [0.05, 0.1) is 6.67 Å². The van der Waals surface area contributed by atoms with Crippen molar-refractivity contribution in [1.29, 1.82) is 0 Å². The van der Waals surface area contributed by atoms with Gasteiger partial charge in [0.1, 0.15) is 35.7 Å². The zero-order chi connectivity index (χ0) is 26.9. The Kier molecular flexibility index (Phi) is 7.21. The largest absolute Gasteiger partial charge is 0.573 e. The van der Waals surface area contributed by atoms with E-state index in [1.807, 2.05) is 31.2 Å². The Morgan fingerprint density at radius 2 is 1.66 bits per heavy atom. The van der Waals surface area contributed by atoms with Crippen LogP contribution in [0.25, 0.3) is 11.1 Å². The zero-order valence-electron chi connectivity index (χ0n) is 20.7. The molecule has 2 heterocycles. The minimum absolute atomic E-state index is 0.0818. The van der Waals surface area contributed by atoms with Gasteiger partial charge in [0.15, 0.2) is 0 Å². The Labute approximate surface area is 217 Å². The molecule has 0 spiro atoms. The summed E-state index contributed by atoms with van der Waals surface area (Å²) < 4.78 is 66.8. The summed E-state index contributed by atoms with van der Waals surface area (Å²) in [6, 6.07) is 18.0. The molecule has 9 heteroatoms. The number of halogens is 4. The second kappa shape index (κ2) is 10.6. The monoisotopic (exact) mass is 529 g/mol. The third-order valence-corrected chi connectivity index (χ3v) is 6.79. The van der Waals surface area contributed by atoms with E-state index in [0.717, 1.165) is 36.3 Å². The average Bonchev–Trinajstić information content (AvgIpc) is 2.86. The maximum Gasteiger partial charge on any atom is 0.573 e.